The van der Waals surface area contributed by atoms with Gasteiger partial charge in [0.2, 0.25) is 0 Å². The Morgan fingerprint density at radius 1 is 1.15 bits per heavy atom. The number of nitrogens with one attached hydrogen (secondary N) is 1. The summed E-state index contributed by atoms with van der Waals surface area (Å²) in [6.07, 6.45) is 0. The Morgan fingerprint density at radius 2 is 1.90 bits per heavy atom. The minimum atomic E-state index is 0. The molecule has 2 aromatic heterocycles. The van der Waals surface area contributed by atoms with Gasteiger partial charge in [-0.25, -0.2) is 0 Å². The smallest absolute Gasteiger partial charge is 0.0791 e. The Kier molecular flexibility index (Phi) is 8.05. The molecule has 112 valence electrons. The second kappa shape index (κ2) is 8.73. The maximum absolute atomic E-state index is 3.57. The lowest BCUT2D eigenvalue weighted by molar-refractivity contribution is 0.203. The number of hydrogen-bond donors (Lipinski definition) is 1. The molecule has 1 N–H and O–H groups in total. The highest BCUT2D eigenvalue weighted by atomic mass is 79.9. The van der Waals surface area contributed by atoms with Crippen LogP contribution < -0.4 is 5.32 Å². The number of nitrogens with zero attached hydrogens (tertiary/aromatic N) is 1. The van der Waals surface area contributed by atoms with Gasteiger partial charge in [-0.15, -0.1) is 47.5 Å². The first kappa shape index (κ1) is 18.4. The molecule has 0 saturated carbocycles. The average Bonchev–Trinajstić information content (AvgIpc) is 3.04. The van der Waals surface area contributed by atoms with Crippen LogP contribution in [-0.2, 0) is 0 Å². The third-order valence-corrected chi connectivity index (χ3v) is 5.86. The van der Waals surface area contributed by atoms with E-state index < -0.39 is 0 Å². The molecule has 20 heavy (non-hydrogen) atoms. The van der Waals surface area contributed by atoms with Gasteiger partial charge in [-0.1, -0.05) is 6.07 Å². The Morgan fingerprint density at radius 3 is 2.45 bits per heavy atom. The van der Waals surface area contributed by atoms with Crippen LogP contribution in [0, 0.1) is 0 Å². The molecule has 0 radical (unpaired) electrons. The maximum Gasteiger partial charge on any atom is 0.0791 e. The lowest BCUT2D eigenvalue weighted by Gasteiger charge is -2.33. The molecule has 1 saturated heterocycles. The fourth-order valence-corrected chi connectivity index (χ4v) is 4.91. The molecule has 2 nitrogen and oxygen atoms in total. The van der Waals surface area contributed by atoms with Gasteiger partial charge in [0.05, 0.1) is 6.04 Å². The van der Waals surface area contributed by atoms with E-state index >= 15 is 0 Å². The highest BCUT2D eigenvalue weighted by Crippen LogP contribution is 2.36. The van der Waals surface area contributed by atoms with E-state index in [4.69, 9.17) is 0 Å². The van der Waals surface area contributed by atoms with Crippen molar-refractivity contribution in [2.24, 2.45) is 0 Å². The molecule has 0 amide bonds. The van der Waals surface area contributed by atoms with Crippen LogP contribution in [0.25, 0.3) is 0 Å². The number of thiophene rings is 2. The molecule has 0 spiro atoms. The Hall–Kier alpha value is 0.380. The zero-order chi connectivity index (χ0) is 12.4. The van der Waals surface area contributed by atoms with E-state index in [1.165, 1.54) is 14.2 Å². The third-order valence-electron chi connectivity index (χ3n) is 3.19. The molecule has 0 aromatic carbocycles. The van der Waals surface area contributed by atoms with Crippen molar-refractivity contribution < 1.29 is 0 Å². The first-order valence-corrected chi connectivity index (χ1v) is 8.62. The van der Waals surface area contributed by atoms with Crippen LogP contribution in [0.15, 0.2) is 33.4 Å². The minimum Gasteiger partial charge on any atom is -0.314 e. The van der Waals surface area contributed by atoms with Crippen LogP contribution in [0.3, 0.4) is 0 Å². The summed E-state index contributed by atoms with van der Waals surface area (Å²) < 4.78 is 1.19. The normalized spacial score (nSPS) is 17.1. The summed E-state index contributed by atoms with van der Waals surface area (Å²) in [7, 11) is 0. The topological polar surface area (TPSA) is 15.3 Å². The second-order valence-corrected chi connectivity index (χ2v) is 7.21. The molecule has 7 heteroatoms. The summed E-state index contributed by atoms with van der Waals surface area (Å²) in [4.78, 5) is 5.47. The van der Waals surface area contributed by atoms with Gasteiger partial charge in [-0.2, -0.15) is 0 Å². The van der Waals surface area contributed by atoms with Crippen LogP contribution >= 0.6 is 63.4 Å². The second-order valence-electron chi connectivity index (χ2n) is 4.37. The molecule has 1 aliphatic rings. The van der Waals surface area contributed by atoms with Crippen molar-refractivity contribution in [3.05, 3.63) is 43.2 Å². The molecule has 3 rings (SSSR count). The molecule has 1 fully saturated rings. The lowest BCUT2D eigenvalue weighted by atomic mass is 10.1. The highest BCUT2D eigenvalue weighted by molar-refractivity contribution is 9.10. The van der Waals surface area contributed by atoms with Crippen molar-refractivity contribution in [2.45, 2.75) is 6.04 Å². The van der Waals surface area contributed by atoms with Crippen molar-refractivity contribution in [3.63, 3.8) is 0 Å². The van der Waals surface area contributed by atoms with Crippen LogP contribution in [0.1, 0.15) is 15.8 Å². The van der Waals surface area contributed by atoms with Gasteiger partial charge in [0.15, 0.2) is 0 Å². The molecular weight excluding hydrogens is 399 g/mol. The Bertz CT molecular complexity index is 498. The number of rotatable bonds is 3. The van der Waals surface area contributed by atoms with Gasteiger partial charge in [0.1, 0.15) is 0 Å². The number of halogens is 3. The fraction of sp³-hybridized carbons (Fsp3) is 0.385. The molecule has 0 bridgehead atoms. The maximum atomic E-state index is 3.57. The van der Waals surface area contributed by atoms with Crippen LogP contribution in [0.4, 0.5) is 0 Å². The van der Waals surface area contributed by atoms with Gasteiger partial charge in [-0.05, 0) is 33.4 Å². The van der Waals surface area contributed by atoms with Gasteiger partial charge in [-0.3, -0.25) is 4.90 Å². The van der Waals surface area contributed by atoms with E-state index in [1.54, 1.807) is 0 Å². The summed E-state index contributed by atoms with van der Waals surface area (Å²) >= 11 is 7.28. The lowest BCUT2D eigenvalue weighted by Crippen LogP contribution is -2.45. The highest BCUT2D eigenvalue weighted by Gasteiger charge is 2.25. The first-order chi connectivity index (χ1) is 8.84. The average molecular weight is 416 g/mol. The third kappa shape index (κ3) is 4.19. The predicted octanol–water partition coefficient (Wildman–Crippen LogP) is 4.41. The largest absolute Gasteiger partial charge is 0.314 e. The molecule has 1 atom stereocenters. The Labute approximate surface area is 148 Å². The van der Waals surface area contributed by atoms with Crippen LogP contribution in [0.2, 0.25) is 0 Å². The van der Waals surface area contributed by atoms with Gasteiger partial charge < -0.3 is 5.32 Å². The van der Waals surface area contributed by atoms with Crippen molar-refractivity contribution in [2.75, 3.05) is 26.2 Å². The fourth-order valence-electron chi connectivity index (χ4n) is 2.36. The first-order valence-electron chi connectivity index (χ1n) is 6.07. The molecule has 2 aromatic rings. The summed E-state index contributed by atoms with van der Waals surface area (Å²) in [5.41, 5.74) is 0. The summed E-state index contributed by atoms with van der Waals surface area (Å²) in [6.45, 7) is 4.43. The van der Waals surface area contributed by atoms with Gasteiger partial charge in [0.25, 0.3) is 0 Å². The number of hydrogen-bond acceptors (Lipinski definition) is 4. The zero-order valence-corrected chi connectivity index (χ0v) is 15.6. The quantitative estimate of drug-likeness (QED) is 0.798. The minimum absolute atomic E-state index is 0. The molecule has 0 aliphatic carbocycles. The predicted molar refractivity (Wildman–Crippen MR) is 97.1 cm³/mol. The summed E-state index contributed by atoms with van der Waals surface area (Å²) in [5.74, 6) is 0. The summed E-state index contributed by atoms with van der Waals surface area (Å²) in [6, 6.07) is 7.10. The van der Waals surface area contributed by atoms with E-state index in [9.17, 15) is 0 Å². The monoisotopic (exact) mass is 414 g/mol. The summed E-state index contributed by atoms with van der Waals surface area (Å²) in [5, 5.41) is 7.78. The van der Waals surface area contributed by atoms with Crippen molar-refractivity contribution in [1.29, 1.82) is 0 Å². The van der Waals surface area contributed by atoms with Crippen molar-refractivity contribution >= 4 is 63.4 Å². The molecule has 3 heterocycles. The van der Waals surface area contributed by atoms with Crippen LogP contribution in [-0.4, -0.2) is 31.1 Å². The van der Waals surface area contributed by atoms with Crippen LogP contribution in [0.5, 0.6) is 0 Å². The molecular formula is C13H17BrCl2N2S2. The van der Waals surface area contributed by atoms with Crippen molar-refractivity contribution in [1.82, 2.24) is 10.2 Å². The zero-order valence-electron chi connectivity index (χ0n) is 10.8. The molecule has 0 unspecified atom stereocenters. The standard InChI is InChI=1S/C13H15BrN2S2.2ClH/c14-10-8-12(18-9-10)13(11-2-1-7-17-11)16-5-3-15-4-6-16;;/h1-2,7-9,13,15H,3-6H2;2*1H/t13-;;/m0../s1. The SMILES string of the molecule is Brc1csc([C@H](c2cccs2)N2CCNCC2)c1.Cl.Cl. The van der Waals surface area contributed by atoms with Gasteiger partial charge >= 0.3 is 0 Å². The molecule has 1 aliphatic heterocycles. The van der Waals surface area contributed by atoms with E-state index in [1.807, 2.05) is 22.7 Å². The van der Waals surface area contributed by atoms with Crippen molar-refractivity contribution in [3.8, 4) is 0 Å². The number of piperazine rings is 1. The Balaban J connectivity index is 0.000001000. The van der Waals surface area contributed by atoms with E-state index in [0.717, 1.165) is 26.2 Å². The van der Waals surface area contributed by atoms with E-state index in [-0.39, 0.29) is 24.8 Å². The van der Waals surface area contributed by atoms with E-state index in [2.05, 4.69) is 55.1 Å². The van der Waals surface area contributed by atoms with Gasteiger partial charge in [0, 0.05) is 45.8 Å². The van der Waals surface area contributed by atoms with E-state index in [0.29, 0.717) is 6.04 Å².